The summed E-state index contributed by atoms with van der Waals surface area (Å²) in [4.78, 5) is 0. The molecule has 1 atom stereocenters. The number of benzene rings is 1. The standard InChI is InChI=1S/C14H20N2/c1-11(2)14-6-4-13(5-7-14)8-9-16-12(3)10-15/h4-7,11-12,16H,8-9H2,1-3H3. The molecule has 1 aromatic carbocycles. The van der Waals surface area contributed by atoms with Crippen LogP contribution in [0, 0.1) is 11.3 Å². The first-order valence-corrected chi connectivity index (χ1v) is 5.85. The quantitative estimate of drug-likeness (QED) is 0.821. The molecule has 2 heteroatoms. The molecule has 0 aliphatic rings. The van der Waals surface area contributed by atoms with Crippen molar-refractivity contribution in [2.75, 3.05) is 6.54 Å². The molecule has 0 aromatic heterocycles. The van der Waals surface area contributed by atoms with Crippen LogP contribution in [0.2, 0.25) is 0 Å². The molecule has 1 rings (SSSR count). The fourth-order valence-electron chi connectivity index (χ4n) is 1.55. The third-order valence-electron chi connectivity index (χ3n) is 2.70. The van der Waals surface area contributed by atoms with Crippen molar-refractivity contribution in [3.63, 3.8) is 0 Å². The van der Waals surface area contributed by atoms with E-state index in [0.29, 0.717) is 5.92 Å². The maximum Gasteiger partial charge on any atom is 0.0924 e. The van der Waals surface area contributed by atoms with Crippen LogP contribution in [-0.4, -0.2) is 12.6 Å². The number of hydrogen-bond donors (Lipinski definition) is 1. The Balaban J connectivity index is 2.41. The van der Waals surface area contributed by atoms with E-state index >= 15 is 0 Å². The molecule has 0 bridgehead atoms. The molecule has 2 nitrogen and oxygen atoms in total. The van der Waals surface area contributed by atoms with Gasteiger partial charge in [0.15, 0.2) is 0 Å². The van der Waals surface area contributed by atoms with E-state index in [9.17, 15) is 0 Å². The molecule has 0 aliphatic heterocycles. The number of hydrogen-bond acceptors (Lipinski definition) is 2. The molecule has 0 aliphatic carbocycles. The molecule has 0 amide bonds. The van der Waals surface area contributed by atoms with Gasteiger partial charge in [0.1, 0.15) is 0 Å². The van der Waals surface area contributed by atoms with Gasteiger partial charge in [0.05, 0.1) is 12.1 Å². The van der Waals surface area contributed by atoms with E-state index in [1.807, 2.05) is 6.92 Å². The fourth-order valence-corrected chi connectivity index (χ4v) is 1.55. The zero-order valence-corrected chi connectivity index (χ0v) is 10.3. The summed E-state index contributed by atoms with van der Waals surface area (Å²) in [5, 5.41) is 11.8. The van der Waals surface area contributed by atoms with Crippen molar-refractivity contribution in [2.24, 2.45) is 0 Å². The third kappa shape index (κ3) is 4.04. The van der Waals surface area contributed by atoms with Crippen LogP contribution in [0.25, 0.3) is 0 Å². The van der Waals surface area contributed by atoms with E-state index in [1.54, 1.807) is 0 Å². The largest absolute Gasteiger partial charge is 0.302 e. The maximum absolute atomic E-state index is 8.62. The van der Waals surface area contributed by atoms with Crippen molar-refractivity contribution in [1.29, 1.82) is 5.26 Å². The second-order valence-electron chi connectivity index (χ2n) is 4.45. The summed E-state index contributed by atoms with van der Waals surface area (Å²) in [5.41, 5.74) is 2.70. The summed E-state index contributed by atoms with van der Waals surface area (Å²) in [5.74, 6) is 0.589. The van der Waals surface area contributed by atoms with Crippen LogP contribution in [0.1, 0.15) is 37.8 Å². The summed E-state index contributed by atoms with van der Waals surface area (Å²) >= 11 is 0. The van der Waals surface area contributed by atoms with Crippen LogP contribution in [0.15, 0.2) is 24.3 Å². The molecule has 0 saturated heterocycles. The Kier molecular flexibility index (Phi) is 5.01. The van der Waals surface area contributed by atoms with Crippen molar-refractivity contribution in [3.8, 4) is 6.07 Å². The maximum atomic E-state index is 8.62. The van der Waals surface area contributed by atoms with E-state index in [1.165, 1.54) is 11.1 Å². The first-order valence-electron chi connectivity index (χ1n) is 5.85. The molecule has 1 N–H and O–H groups in total. The first-order chi connectivity index (χ1) is 7.63. The molecule has 86 valence electrons. The summed E-state index contributed by atoms with van der Waals surface area (Å²) < 4.78 is 0. The average Bonchev–Trinajstić information content (AvgIpc) is 2.29. The summed E-state index contributed by atoms with van der Waals surface area (Å²) in [6.07, 6.45) is 0.977. The lowest BCUT2D eigenvalue weighted by Gasteiger charge is -2.08. The lowest BCUT2D eigenvalue weighted by molar-refractivity contribution is 0.640. The second-order valence-corrected chi connectivity index (χ2v) is 4.45. The fraction of sp³-hybridized carbons (Fsp3) is 0.500. The highest BCUT2D eigenvalue weighted by Crippen LogP contribution is 2.14. The Labute approximate surface area is 98.3 Å². The molecule has 0 heterocycles. The Morgan fingerprint density at radius 2 is 1.81 bits per heavy atom. The average molecular weight is 216 g/mol. The lowest BCUT2D eigenvalue weighted by atomic mass is 10.0. The minimum absolute atomic E-state index is 0.0602. The monoisotopic (exact) mass is 216 g/mol. The van der Waals surface area contributed by atoms with Crippen LogP contribution in [0.5, 0.6) is 0 Å². The van der Waals surface area contributed by atoms with Gasteiger partial charge in [-0.05, 0) is 30.4 Å². The van der Waals surface area contributed by atoms with Gasteiger partial charge in [0, 0.05) is 6.54 Å². The molecule has 0 saturated carbocycles. The lowest BCUT2D eigenvalue weighted by Crippen LogP contribution is -2.26. The summed E-state index contributed by atoms with van der Waals surface area (Å²) in [6.45, 7) is 7.13. The molecule has 0 spiro atoms. The Bertz CT molecular complexity index is 346. The smallest absolute Gasteiger partial charge is 0.0924 e. The third-order valence-corrected chi connectivity index (χ3v) is 2.70. The van der Waals surface area contributed by atoms with Crippen molar-refractivity contribution in [3.05, 3.63) is 35.4 Å². The summed E-state index contributed by atoms with van der Waals surface area (Å²) in [7, 11) is 0. The highest BCUT2D eigenvalue weighted by molar-refractivity contribution is 5.24. The zero-order chi connectivity index (χ0) is 12.0. The van der Waals surface area contributed by atoms with Gasteiger partial charge in [-0.25, -0.2) is 0 Å². The molecule has 1 aromatic rings. The number of nitrogens with one attached hydrogen (secondary N) is 1. The van der Waals surface area contributed by atoms with Crippen molar-refractivity contribution < 1.29 is 0 Å². The molecular formula is C14H20N2. The molecule has 16 heavy (non-hydrogen) atoms. The van der Waals surface area contributed by atoms with Crippen LogP contribution in [0.3, 0.4) is 0 Å². The number of rotatable bonds is 5. The highest BCUT2D eigenvalue weighted by Gasteiger charge is 2.00. The van der Waals surface area contributed by atoms with Gasteiger partial charge in [-0.15, -0.1) is 0 Å². The molecule has 0 radical (unpaired) electrons. The SMILES string of the molecule is CC(C#N)NCCc1ccc(C(C)C)cc1. The van der Waals surface area contributed by atoms with Crippen LogP contribution >= 0.6 is 0 Å². The Morgan fingerprint density at radius 1 is 1.19 bits per heavy atom. The highest BCUT2D eigenvalue weighted by atomic mass is 14.9. The topological polar surface area (TPSA) is 35.8 Å². The van der Waals surface area contributed by atoms with Gasteiger partial charge >= 0.3 is 0 Å². The molecule has 1 unspecified atom stereocenters. The van der Waals surface area contributed by atoms with Crippen molar-refractivity contribution in [1.82, 2.24) is 5.32 Å². The Hall–Kier alpha value is -1.33. The van der Waals surface area contributed by atoms with E-state index in [4.69, 9.17) is 5.26 Å². The van der Waals surface area contributed by atoms with Crippen LogP contribution in [-0.2, 0) is 6.42 Å². The first kappa shape index (κ1) is 12.7. The normalized spacial score (nSPS) is 12.4. The van der Waals surface area contributed by atoms with Crippen LogP contribution < -0.4 is 5.32 Å². The Morgan fingerprint density at radius 3 is 2.31 bits per heavy atom. The van der Waals surface area contributed by atoms with Crippen molar-refractivity contribution >= 4 is 0 Å². The van der Waals surface area contributed by atoms with Gasteiger partial charge in [-0.3, -0.25) is 0 Å². The van der Waals surface area contributed by atoms with E-state index in [-0.39, 0.29) is 6.04 Å². The minimum atomic E-state index is -0.0602. The number of nitrogens with zero attached hydrogens (tertiary/aromatic N) is 1. The van der Waals surface area contributed by atoms with Gasteiger partial charge in [0.2, 0.25) is 0 Å². The number of nitriles is 1. The molecule has 0 fully saturated rings. The van der Waals surface area contributed by atoms with E-state index in [2.05, 4.69) is 49.5 Å². The predicted octanol–water partition coefficient (Wildman–Crippen LogP) is 2.85. The van der Waals surface area contributed by atoms with E-state index < -0.39 is 0 Å². The van der Waals surface area contributed by atoms with Crippen LogP contribution in [0.4, 0.5) is 0 Å². The summed E-state index contributed by atoms with van der Waals surface area (Å²) in [6, 6.07) is 10.8. The minimum Gasteiger partial charge on any atom is -0.302 e. The predicted molar refractivity (Wildman–Crippen MR) is 67.3 cm³/mol. The van der Waals surface area contributed by atoms with Gasteiger partial charge in [0.25, 0.3) is 0 Å². The van der Waals surface area contributed by atoms with Crippen molar-refractivity contribution in [2.45, 2.75) is 39.2 Å². The second kappa shape index (κ2) is 6.30. The van der Waals surface area contributed by atoms with Gasteiger partial charge < -0.3 is 5.32 Å². The zero-order valence-electron chi connectivity index (χ0n) is 10.3. The van der Waals surface area contributed by atoms with E-state index in [0.717, 1.165) is 13.0 Å². The van der Waals surface area contributed by atoms with Gasteiger partial charge in [-0.2, -0.15) is 5.26 Å². The molecular weight excluding hydrogens is 196 g/mol. The van der Waals surface area contributed by atoms with Gasteiger partial charge in [-0.1, -0.05) is 38.1 Å².